The van der Waals surface area contributed by atoms with Crippen molar-refractivity contribution in [3.05, 3.63) is 0 Å². The largest absolute Gasteiger partial charge is 0.388 e. The number of rotatable bonds is 5. The Hall–Kier alpha value is -0.650. The fourth-order valence-electron chi connectivity index (χ4n) is 3.36. The molecule has 2 aliphatic heterocycles. The lowest BCUT2D eigenvalue weighted by Crippen LogP contribution is -2.47. The number of likely N-dealkylation sites (tertiary alicyclic amines) is 1. The zero-order valence-corrected chi connectivity index (χ0v) is 13.3. The molecule has 0 radical (unpaired) electrons. The molecule has 2 fully saturated rings. The van der Waals surface area contributed by atoms with Gasteiger partial charge >= 0.3 is 0 Å². The summed E-state index contributed by atoms with van der Waals surface area (Å²) in [6.45, 7) is 6.51. The predicted molar refractivity (Wildman–Crippen MR) is 82.1 cm³/mol. The molecule has 0 bridgehead atoms. The van der Waals surface area contributed by atoms with Crippen molar-refractivity contribution in [1.29, 1.82) is 0 Å². The molecule has 0 aromatic heterocycles. The average Bonchev–Trinajstić information content (AvgIpc) is 2.85. The zero-order chi connectivity index (χ0) is 15.1. The molecular formula is C16H30N2O3. The Morgan fingerprint density at radius 2 is 1.86 bits per heavy atom. The quantitative estimate of drug-likeness (QED) is 0.830. The lowest BCUT2D eigenvalue weighted by Gasteiger charge is -2.30. The van der Waals surface area contributed by atoms with Crippen LogP contribution in [-0.2, 0) is 9.53 Å². The van der Waals surface area contributed by atoms with Crippen LogP contribution >= 0.6 is 0 Å². The number of ether oxygens (including phenoxy) is 1. The topological polar surface area (TPSA) is 53.0 Å². The molecule has 2 heterocycles. The molecule has 5 heteroatoms. The van der Waals surface area contributed by atoms with Gasteiger partial charge in [0.1, 0.15) is 0 Å². The fourth-order valence-corrected chi connectivity index (χ4v) is 3.36. The first-order chi connectivity index (χ1) is 10.2. The highest BCUT2D eigenvalue weighted by atomic mass is 16.5. The minimum Gasteiger partial charge on any atom is -0.388 e. The highest BCUT2D eigenvalue weighted by Gasteiger charge is 2.33. The van der Waals surface area contributed by atoms with Gasteiger partial charge in [-0.25, -0.2) is 0 Å². The summed E-state index contributed by atoms with van der Waals surface area (Å²) in [6.07, 6.45) is 6.51. The Morgan fingerprint density at radius 1 is 1.19 bits per heavy atom. The lowest BCUT2D eigenvalue weighted by atomic mass is 10.1. The molecule has 0 saturated carbocycles. The van der Waals surface area contributed by atoms with E-state index in [-0.39, 0.29) is 11.9 Å². The number of aliphatic hydroxyl groups excluding tert-OH is 1. The second-order valence-corrected chi connectivity index (χ2v) is 6.21. The van der Waals surface area contributed by atoms with Crippen LogP contribution in [0.5, 0.6) is 0 Å². The van der Waals surface area contributed by atoms with Crippen LogP contribution in [-0.4, -0.2) is 72.4 Å². The monoisotopic (exact) mass is 298 g/mol. The van der Waals surface area contributed by atoms with Gasteiger partial charge in [0.2, 0.25) is 5.91 Å². The van der Waals surface area contributed by atoms with E-state index in [1.807, 2.05) is 6.92 Å². The normalized spacial score (nSPS) is 28.1. The molecule has 0 aromatic carbocycles. The van der Waals surface area contributed by atoms with E-state index < -0.39 is 6.10 Å². The number of hydrogen-bond donors (Lipinski definition) is 1. The second-order valence-electron chi connectivity index (χ2n) is 6.21. The molecule has 1 N–H and O–H groups in total. The number of nitrogens with zero attached hydrogens (tertiary/aromatic N) is 2. The Kier molecular flexibility index (Phi) is 6.93. The van der Waals surface area contributed by atoms with E-state index in [0.29, 0.717) is 26.2 Å². The second kappa shape index (κ2) is 8.71. The van der Waals surface area contributed by atoms with Crippen LogP contribution in [0.25, 0.3) is 0 Å². The number of carbonyl (C=O) groups excluding carboxylic acids is 1. The lowest BCUT2D eigenvalue weighted by molar-refractivity contribution is -0.135. The summed E-state index contributed by atoms with van der Waals surface area (Å²) in [5, 5.41) is 9.90. The van der Waals surface area contributed by atoms with E-state index in [0.717, 1.165) is 19.6 Å². The van der Waals surface area contributed by atoms with Gasteiger partial charge in [0, 0.05) is 19.5 Å². The van der Waals surface area contributed by atoms with Crippen molar-refractivity contribution in [2.24, 2.45) is 0 Å². The van der Waals surface area contributed by atoms with Crippen molar-refractivity contribution < 1.29 is 14.6 Å². The maximum Gasteiger partial charge on any atom is 0.224 e. The third kappa shape index (κ3) is 4.94. The Bertz CT molecular complexity index is 317. The van der Waals surface area contributed by atoms with Crippen LogP contribution in [0.3, 0.4) is 0 Å². The van der Waals surface area contributed by atoms with Gasteiger partial charge in [-0.2, -0.15) is 0 Å². The van der Waals surface area contributed by atoms with Gasteiger partial charge in [-0.3, -0.25) is 4.79 Å². The Labute approximate surface area is 128 Å². The molecule has 2 rings (SSSR count). The van der Waals surface area contributed by atoms with Gasteiger partial charge in [0.15, 0.2) is 0 Å². The predicted octanol–water partition coefficient (Wildman–Crippen LogP) is 1.25. The van der Waals surface area contributed by atoms with Crippen molar-refractivity contribution in [3.63, 3.8) is 0 Å². The van der Waals surface area contributed by atoms with Crippen LogP contribution in [0.1, 0.15) is 45.4 Å². The zero-order valence-electron chi connectivity index (χ0n) is 13.3. The summed E-state index contributed by atoms with van der Waals surface area (Å²) in [5.74, 6) is 0.147. The van der Waals surface area contributed by atoms with Crippen LogP contribution in [0.4, 0.5) is 0 Å². The molecular weight excluding hydrogens is 268 g/mol. The molecule has 0 spiro atoms. The third-order valence-electron chi connectivity index (χ3n) is 4.67. The fraction of sp³-hybridized carbons (Fsp3) is 0.938. The van der Waals surface area contributed by atoms with E-state index in [2.05, 4.69) is 4.90 Å². The van der Waals surface area contributed by atoms with Gasteiger partial charge in [0.05, 0.1) is 25.4 Å². The molecule has 0 unspecified atom stereocenters. The Morgan fingerprint density at radius 3 is 2.43 bits per heavy atom. The van der Waals surface area contributed by atoms with Crippen LogP contribution in [0.15, 0.2) is 0 Å². The summed E-state index contributed by atoms with van der Waals surface area (Å²) in [7, 11) is 0. The van der Waals surface area contributed by atoms with E-state index in [1.54, 1.807) is 4.90 Å². The molecule has 5 nitrogen and oxygen atoms in total. The van der Waals surface area contributed by atoms with E-state index in [4.69, 9.17) is 4.74 Å². The van der Waals surface area contributed by atoms with Crippen molar-refractivity contribution in [2.45, 2.75) is 57.6 Å². The van der Waals surface area contributed by atoms with Crippen molar-refractivity contribution >= 4 is 5.91 Å². The van der Waals surface area contributed by atoms with Gasteiger partial charge in [-0.1, -0.05) is 19.3 Å². The Balaban J connectivity index is 1.78. The third-order valence-corrected chi connectivity index (χ3v) is 4.67. The van der Waals surface area contributed by atoms with E-state index >= 15 is 0 Å². The first kappa shape index (κ1) is 16.7. The van der Waals surface area contributed by atoms with Gasteiger partial charge in [-0.05, 0) is 32.9 Å². The summed E-state index contributed by atoms with van der Waals surface area (Å²) in [6, 6.07) is -0.158. The summed E-state index contributed by atoms with van der Waals surface area (Å²) >= 11 is 0. The molecule has 2 aliphatic rings. The molecule has 21 heavy (non-hydrogen) atoms. The number of carbonyl (C=O) groups is 1. The summed E-state index contributed by atoms with van der Waals surface area (Å²) in [4.78, 5) is 16.7. The van der Waals surface area contributed by atoms with Gasteiger partial charge in [-0.15, -0.1) is 0 Å². The number of hydrogen-bond acceptors (Lipinski definition) is 4. The van der Waals surface area contributed by atoms with Gasteiger partial charge < -0.3 is 19.6 Å². The molecule has 2 saturated heterocycles. The number of amides is 1. The van der Waals surface area contributed by atoms with Gasteiger partial charge in [0.25, 0.3) is 0 Å². The van der Waals surface area contributed by atoms with E-state index in [9.17, 15) is 9.90 Å². The highest BCUT2D eigenvalue weighted by Crippen LogP contribution is 2.15. The standard InChI is InChI=1S/C16H30N2O3/c1-2-18(14-12-21-13-15(14)19)16(20)8-11-17-9-6-4-3-5-7-10-17/h14-15,19H,2-13H2,1H3/t14-,15-/m0/s1. The molecule has 0 aromatic rings. The molecule has 122 valence electrons. The van der Waals surface area contributed by atoms with Crippen LogP contribution in [0.2, 0.25) is 0 Å². The highest BCUT2D eigenvalue weighted by molar-refractivity contribution is 5.76. The smallest absolute Gasteiger partial charge is 0.224 e. The van der Waals surface area contributed by atoms with Crippen molar-refractivity contribution in [3.8, 4) is 0 Å². The van der Waals surface area contributed by atoms with Crippen molar-refractivity contribution in [1.82, 2.24) is 9.80 Å². The SMILES string of the molecule is CCN(C(=O)CCN1CCCCCCC1)[C@H]1COC[C@@H]1O. The molecule has 2 atom stereocenters. The van der Waals surface area contributed by atoms with Crippen LogP contribution < -0.4 is 0 Å². The minimum absolute atomic E-state index is 0.147. The minimum atomic E-state index is -0.532. The maximum atomic E-state index is 12.4. The summed E-state index contributed by atoms with van der Waals surface area (Å²) in [5.41, 5.74) is 0. The maximum absolute atomic E-state index is 12.4. The first-order valence-electron chi connectivity index (χ1n) is 8.50. The summed E-state index contributed by atoms with van der Waals surface area (Å²) < 4.78 is 5.27. The molecule has 1 amide bonds. The van der Waals surface area contributed by atoms with Crippen molar-refractivity contribution in [2.75, 3.05) is 39.4 Å². The average molecular weight is 298 g/mol. The number of aliphatic hydroxyl groups is 1. The van der Waals surface area contributed by atoms with Crippen LogP contribution in [0, 0.1) is 0 Å². The molecule has 0 aliphatic carbocycles. The van der Waals surface area contributed by atoms with E-state index in [1.165, 1.54) is 32.1 Å². The first-order valence-corrected chi connectivity index (χ1v) is 8.50. The number of likely N-dealkylation sites (N-methyl/N-ethyl adjacent to an activating group) is 1.